The van der Waals surface area contributed by atoms with Crippen LogP contribution < -0.4 is 0 Å². The van der Waals surface area contributed by atoms with Crippen molar-refractivity contribution in [2.45, 2.75) is 41.0 Å². The molecule has 0 aromatic heterocycles. The van der Waals surface area contributed by atoms with Gasteiger partial charge in [0.2, 0.25) is 0 Å². The van der Waals surface area contributed by atoms with E-state index >= 15 is 0 Å². The second kappa shape index (κ2) is 8.09. The molecule has 90 valence electrons. The van der Waals surface area contributed by atoms with E-state index < -0.39 is 0 Å². The smallest absolute Gasteiger partial charge is 0.0674 e. The molecule has 1 aliphatic carbocycles. The fourth-order valence-corrected chi connectivity index (χ4v) is 1.69. The summed E-state index contributed by atoms with van der Waals surface area (Å²) in [5.74, 6) is 0.541. The lowest BCUT2D eigenvalue weighted by molar-refractivity contribution is 0.801. The summed E-state index contributed by atoms with van der Waals surface area (Å²) in [4.78, 5) is 4.38. The standard InChI is InChI=1S/C13H19N.C2H6/c1-5-7-11-8-6-9-12(10(2)3)13(11)14-4;1-2/h6-10H,5H2,1-4H3;1-2H3/b11-7-,14-13?;. The second-order valence-corrected chi connectivity index (χ2v) is 3.78. The van der Waals surface area contributed by atoms with Gasteiger partial charge >= 0.3 is 0 Å². The Labute approximate surface area is 101 Å². The lowest BCUT2D eigenvalue weighted by Crippen LogP contribution is -2.13. The predicted octanol–water partition coefficient (Wildman–Crippen LogP) is 4.57. The molecule has 1 nitrogen and oxygen atoms in total. The highest BCUT2D eigenvalue weighted by Crippen LogP contribution is 2.22. The Hall–Kier alpha value is -1.11. The van der Waals surface area contributed by atoms with Crippen LogP contribution in [0.1, 0.15) is 41.0 Å². The van der Waals surface area contributed by atoms with Crippen molar-refractivity contribution in [1.29, 1.82) is 0 Å². The largest absolute Gasteiger partial charge is 0.288 e. The van der Waals surface area contributed by atoms with E-state index in [9.17, 15) is 0 Å². The molecular weight excluding hydrogens is 194 g/mol. The Kier molecular flexibility index (Phi) is 7.53. The fourth-order valence-electron chi connectivity index (χ4n) is 1.69. The van der Waals surface area contributed by atoms with Gasteiger partial charge in [-0.2, -0.15) is 0 Å². The minimum Gasteiger partial charge on any atom is -0.288 e. The molecule has 0 bridgehead atoms. The van der Waals surface area contributed by atoms with E-state index in [1.807, 2.05) is 20.9 Å². The average Bonchev–Trinajstić information content (AvgIpc) is 2.31. The first-order valence-corrected chi connectivity index (χ1v) is 6.26. The third kappa shape index (κ3) is 3.80. The van der Waals surface area contributed by atoms with Crippen LogP contribution in [0.15, 0.2) is 40.4 Å². The zero-order chi connectivity index (χ0) is 12.6. The lowest BCUT2D eigenvalue weighted by atomic mass is 9.89. The molecule has 0 aromatic rings. The summed E-state index contributed by atoms with van der Waals surface area (Å²) in [6, 6.07) is 0. The molecule has 0 radical (unpaired) electrons. The minimum atomic E-state index is 0.541. The molecular formula is C15H25N. The van der Waals surface area contributed by atoms with Crippen LogP contribution in [0.5, 0.6) is 0 Å². The summed E-state index contributed by atoms with van der Waals surface area (Å²) >= 11 is 0. The molecule has 0 saturated carbocycles. The molecule has 16 heavy (non-hydrogen) atoms. The van der Waals surface area contributed by atoms with Crippen molar-refractivity contribution < 1.29 is 0 Å². The second-order valence-electron chi connectivity index (χ2n) is 3.78. The number of hydrogen-bond donors (Lipinski definition) is 0. The maximum Gasteiger partial charge on any atom is 0.0674 e. The van der Waals surface area contributed by atoms with Crippen LogP contribution in [-0.4, -0.2) is 12.8 Å². The molecule has 0 fully saturated rings. The molecule has 0 unspecified atom stereocenters. The van der Waals surface area contributed by atoms with Crippen LogP contribution in [0.4, 0.5) is 0 Å². The van der Waals surface area contributed by atoms with Gasteiger partial charge < -0.3 is 0 Å². The van der Waals surface area contributed by atoms with Gasteiger partial charge in [0.1, 0.15) is 0 Å². The first-order chi connectivity index (χ1) is 7.70. The first kappa shape index (κ1) is 14.9. The third-order valence-corrected chi connectivity index (χ3v) is 2.37. The predicted molar refractivity (Wildman–Crippen MR) is 75.1 cm³/mol. The van der Waals surface area contributed by atoms with Crippen molar-refractivity contribution in [2.24, 2.45) is 10.9 Å². The molecule has 0 aromatic carbocycles. The molecule has 1 heteroatoms. The Morgan fingerprint density at radius 1 is 1.31 bits per heavy atom. The van der Waals surface area contributed by atoms with Crippen LogP contribution in [0.25, 0.3) is 0 Å². The highest BCUT2D eigenvalue weighted by molar-refractivity contribution is 6.15. The van der Waals surface area contributed by atoms with Crippen LogP contribution in [0.2, 0.25) is 0 Å². The summed E-state index contributed by atoms with van der Waals surface area (Å²) in [6.45, 7) is 10.6. The molecule has 0 N–H and O–H groups in total. The van der Waals surface area contributed by atoms with Gasteiger partial charge in [0.05, 0.1) is 5.71 Å². The van der Waals surface area contributed by atoms with Crippen LogP contribution in [0.3, 0.4) is 0 Å². The maximum absolute atomic E-state index is 4.38. The van der Waals surface area contributed by atoms with Gasteiger partial charge in [-0.05, 0) is 23.5 Å². The van der Waals surface area contributed by atoms with E-state index in [4.69, 9.17) is 0 Å². The van der Waals surface area contributed by atoms with E-state index in [0.717, 1.165) is 12.1 Å². The van der Waals surface area contributed by atoms with Crippen molar-refractivity contribution >= 4 is 5.71 Å². The van der Waals surface area contributed by atoms with Gasteiger partial charge in [0, 0.05) is 7.05 Å². The van der Waals surface area contributed by atoms with E-state index in [1.165, 1.54) is 11.1 Å². The summed E-state index contributed by atoms with van der Waals surface area (Å²) < 4.78 is 0. The number of rotatable bonds is 2. The molecule has 0 aliphatic heterocycles. The first-order valence-electron chi connectivity index (χ1n) is 6.26. The Bertz CT molecular complexity index is 314. The van der Waals surface area contributed by atoms with Crippen molar-refractivity contribution in [3.8, 4) is 0 Å². The van der Waals surface area contributed by atoms with Crippen molar-refractivity contribution in [3.63, 3.8) is 0 Å². The SMILES string of the molecule is CC.CC/C=C1/C=CC=C(C(C)C)C1=NC. The number of allylic oxidation sites excluding steroid dienone is 6. The number of hydrogen-bond acceptors (Lipinski definition) is 1. The zero-order valence-corrected chi connectivity index (χ0v) is 11.5. The lowest BCUT2D eigenvalue weighted by Gasteiger charge is -2.17. The fraction of sp³-hybridized carbons (Fsp3) is 0.533. The minimum absolute atomic E-state index is 0.541. The van der Waals surface area contributed by atoms with Gasteiger partial charge in [-0.25, -0.2) is 0 Å². The molecule has 0 atom stereocenters. The van der Waals surface area contributed by atoms with Crippen LogP contribution >= 0.6 is 0 Å². The van der Waals surface area contributed by atoms with Gasteiger partial charge in [-0.3, -0.25) is 4.99 Å². The molecule has 0 spiro atoms. The highest BCUT2D eigenvalue weighted by Gasteiger charge is 2.14. The van der Waals surface area contributed by atoms with Crippen LogP contribution in [0, 0.1) is 5.92 Å². The summed E-state index contributed by atoms with van der Waals surface area (Å²) in [6.07, 6.45) is 9.71. The molecule has 1 rings (SSSR count). The Morgan fingerprint density at radius 3 is 2.38 bits per heavy atom. The quantitative estimate of drug-likeness (QED) is 0.645. The van der Waals surface area contributed by atoms with Gasteiger partial charge in [-0.15, -0.1) is 0 Å². The number of nitrogens with zero attached hydrogens (tertiary/aromatic N) is 1. The Morgan fingerprint density at radius 2 is 1.94 bits per heavy atom. The highest BCUT2D eigenvalue weighted by atomic mass is 14.7. The maximum atomic E-state index is 4.38. The topological polar surface area (TPSA) is 12.4 Å². The normalized spacial score (nSPS) is 19.8. The van der Waals surface area contributed by atoms with Gasteiger partial charge in [0.15, 0.2) is 0 Å². The van der Waals surface area contributed by atoms with E-state index in [2.05, 4.69) is 50.1 Å². The summed E-state index contributed by atoms with van der Waals surface area (Å²) in [5, 5.41) is 0. The van der Waals surface area contributed by atoms with E-state index in [0.29, 0.717) is 5.92 Å². The number of aliphatic imine (C=N–C) groups is 1. The van der Waals surface area contributed by atoms with Crippen LogP contribution in [-0.2, 0) is 0 Å². The summed E-state index contributed by atoms with van der Waals surface area (Å²) in [5.41, 5.74) is 3.76. The molecule has 1 aliphatic rings. The molecule has 0 heterocycles. The van der Waals surface area contributed by atoms with E-state index in [-0.39, 0.29) is 0 Å². The molecule has 0 amide bonds. The van der Waals surface area contributed by atoms with E-state index in [1.54, 1.807) is 0 Å². The Balaban J connectivity index is 0.00000106. The van der Waals surface area contributed by atoms with Gasteiger partial charge in [-0.1, -0.05) is 58.9 Å². The summed E-state index contributed by atoms with van der Waals surface area (Å²) in [7, 11) is 1.87. The zero-order valence-electron chi connectivity index (χ0n) is 11.5. The molecule has 0 saturated heterocycles. The van der Waals surface area contributed by atoms with Crippen molar-refractivity contribution in [1.82, 2.24) is 0 Å². The monoisotopic (exact) mass is 219 g/mol. The third-order valence-electron chi connectivity index (χ3n) is 2.37. The van der Waals surface area contributed by atoms with Gasteiger partial charge in [0.25, 0.3) is 0 Å². The average molecular weight is 219 g/mol. The van der Waals surface area contributed by atoms with Crippen molar-refractivity contribution in [2.75, 3.05) is 7.05 Å². The van der Waals surface area contributed by atoms with Crippen molar-refractivity contribution in [3.05, 3.63) is 35.5 Å².